The van der Waals surface area contributed by atoms with E-state index in [-0.39, 0.29) is 16.4 Å². The molecule has 0 radical (unpaired) electrons. The van der Waals surface area contributed by atoms with Crippen LogP contribution in [0.4, 0.5) is 5.13 Å². The quantitative estimate of drug-likeness (QED) is 0.825. The van der Waals surface area contributed by atoms with E-state index in [9.17, 15) is 9.59 Å². The normalized spacial score (nSPS) is 10.4. The topological polar surface area (TPSA) is 83.4 Å². The van der Waals surface area contributed by atoms with E-state index in [4.69, 9.17) is 5.11 Å². The first-order chi connectivity index (χ1) is 10.0. The number of ketones is 1. The van der Waals surface area contributed by atoms with Gasteiger partial charge in [-0.25, -0.2) is 9.78 Å². The molecule has 6 nitrogen and oxygen atoms in total. The summed E-state index contributed by atoms with van der Waals surface area (Å²) in [6.07, 6.45) is 3.41. The van der Waals surface area contributed by atoms with Crippen LogP contribution >= 0.6 is 11.3 Å². The Labute approximate surface area is 126 Å². The third-order valence-electron chi connectivity index (χ3n) is 2.91. The van der Waals surface area contributed by atoms with E-state index in [1.165, 1.54) is 6.92 Å². The molecule has 7 heteroatoms. The van der Waals surface area contributed by atoms with Gasteiger partial charge in [0.1, 0.15) is 4.88 Å². The van der Waals surface area contributed by atoms with Crippen LogP contribution in [0.25, 0.3) is 0 Å². The lowest BCUT2D eigenvalue weighted by atomic mass is 10.2. The Morgan fingerprint density at radius 1 is 1.33 bits per heavy atom. The van der Waals surface area contributed by atoms with Gasteiger partial charge in [0, 0.05) is 32.4 Å². The summed E-state index contributed by atoms with van der Waals surface area (Å²) in [5.74, 6) is -1.46. The van der Waals surface area contributed by atoms with Crippen molar-refractivity contribution in [1.29, 1.82) is 0 Å². The Bertz CT molecular complexity index is 623. The minimum atomic E-state index is -1.18. The molecule has 1 N–H and O–H groups in total. The van der Waals surface area contributed by atoms with Crippen molar-refractivity contribution < 1.29 is 14.7 Å². The molecule has 2 heterocycles. The van der Waals surface area contributed by atoms with Gasteiger partial charge in [-0.2, -0.15) is 0 Å². The SMILES string of the molecule is CCN(Cc1ccncc1)c1nc(C(=O)O)c(C(C)=O)s1. The van der Waals surface area contributed by atoms with Gasteiger partial charge in [-0.1, -0.05) is 11.3 Å². The van der Waals surface area contributed by atoms with Gasteiger partial charge in [0.15, 0.2) is 16.6 Å². The van der Waals surface area contributed by atoms with Gasteiger partial charge in [0.2, 0.25) is 0 Å². The van der Waals surface area contributed by atoms with Crippen LogP contribution in [0.3, 0.4) is 0 Å². The summed E-state index contributed by atoms with van der Waals surface area (Å²) in [6.45, 7) is 4.55. The molecular weight excluding hydrogens is 290 g/mol. The fraction of sp³-hybridized carbons (Fsp3) is 0.286. The lowest BCUT2D eigenvalue weighted by molar-refractivity contribution is 0.0687. The van der Waals surface area contributed by atoms with Crippen molar-refractivity contribution in [2.45, 2.75) is 20.4 Å². The second kappa shape index (κ2) is 6.45. The molecule has 0 aliphatic rings. The van der Waals surface area contributed by atoms with E-state index >= 15 is 0 Å². The summed E-state index contributed by atoms with van der Waals surface area (Å²) < 4.78 is 0. The molecule has 21 heavy (non-hydrogen) atoms. The number of pyridine rings is 1. The zero-order chi connectivity index (χ0) is 15.4. The van der Waals surface area contributed by atoms with E-state index in [2.05, 4.69) is 9.97 Å². The third-order valence-corrected chi connectivity index (χ3v) is 4.13. The summed E-state index contributed by atoms with van der Waals surface area (Å²) in [7, 11) is 0. The molecule has 0 saturated carbocycles. The minimum Gasteiger partial charge on any atom is -0.476 e. The van der Waals surface area contributed by atoms with Crippen molar-refractivity contribution in [1.82, 2.24) is 9.97 Å². The Morgan fingerprint density at radius 3 is 2.48 bits per heavy atom. The maximum Gasteiger partial charge on any atom is 0.356 e. The van der Waals surface area contributed by atoms with E-state index in [1.807, 2.05) is 24.0 Å². The molecule has 0 aliphatic carbocycles. The highest BCUT2D eigenvalue weighted by Crippen LogP contribution is 2.28. The average molecular weight is 305 g/mol. The molecule has 110 valence electrons. The summed E-state index contributed by atoms with van der Waals surface area (Å²) >= 11 is 1.12. The molecule has 0 saturated heterocycles. The number of anilines is 1. The number of hydrogen-bond acceptors (Lipinski definition) is 6. The van der Waals surface area contributed by atoms with Crippen molar-refractivity contribution in [3.8, 4) is 0 Å². The van der Waals surface area contributed by atoms with Crippen LogP contribution in [-0.2, 0) is 6.54 Å². The number of thiazole rings is 1. The largest absolute Gasteiger partial charge is 0.476 e. The number of aromatic nitrogens is 2. The molecule has 0 amide bonds. The van der Waals surface area contributed by atoms with Crippen molar-refractivity contribution in [3.05, 3.63) is 40.7 Å². The molecule has 0 aromatic carbocycles. The third kappa shape index (κ3) is 3.43. The van der Waals surface area contributed by atoms with Crippen LogP contribution in [0.1, 0.15) is 39.6 Å². The smallest absolute Gasteiger partial charge is 0.356 e. The first-order valence-electron chi connectivity index (χ1n) is 6.41. The van der Waals surface area contributed by atoms with Crippen molar-refractivity contribution >= 4 is 28.2 Å². The molecule has 0 spiro atoms. The second-order valence-corrected chi connectivity index (χ2v) is 5.38. The molecule has 0 aliphatic heterocycles. The van der Waals surface area contributed by atoms with Crippen LogP contribution in [0.15, 0.2) is 24.5 Å². The number of carboxylic acids is 1. The van der Waals surface area contributed by atoms with E-state index in [0.29, 0.717) is 18.2 Å². The molecule has 2 aromatic heterocycles. The number of nitrogens with zero attached hydrogens (tertiary/aromatic N) is 3. The Kier molecular flexibility index (Phi) is 4.64. The predicted octanol–water partition coefficient (Wildman–Crippen LogP) is 2.47. The molecule has 0 atom stereocenters. The number of carbonyl (C=O) groups excluding carboxylic acids is 1. The number of Topliss-reactive ketones (excluding diaryl/α,β-unsaturated/α-hetero) is 1. The molecule has 2 rings (SSSR count). The van der Waals surface area contributed by atoms with Gasteiger partial charge in [0.25, 0.3) is 0 Å². The monoisotopic (exact) mass is 305 g/mol. The van der Waals surface area contributed by atoms with Gasteiger partial charge in [-0.15, -0.1) is 0 Å². The van der Waals surface area contributed by atoms with E-state index in [1.54, 1.807) is 12.4 Å². The molecule has 2 aromatic rings. The highest BCUT2D eigenvalue weighted by atomic mass is 32.1. The van der Waals surface area contributed by atoms with Crippen molar-refractivity contribution in [3.63, 3.8) is 0 Å². The standard InChI is InChI=1S/C14H15N3O3S/c1-3-17(8-10-4-6-15-7-5-10)14-16-11(13(19)20)12(21-14)9(2)18/h4-7H,3,8H2,1-2H3,(H,19,20). The van der Waals surface area contributed by atoms with Crippen LogP contribution in [-0.4, -0.2) is 33.4 Å². The van der Waals surface area contributed by atoms with E-state index < -0.39 is 5.97 Å². The summed E-state index contributed by atoms with van der Waals surface area (Å²) in [6, 6.07) is 3.78. The fourth-order valence-corrected chi connectivity index (χ4v) is 2.87. The van der Waals surface area contributed by atoms with E-state index in [0.717, 1.165) is 16.9 Å². The maximum atomic E-state index is 11.5. The van der Waals surface area contributed by atoms with Crippen LogP contribution in [0.2, 0.25) is 0 Å². The second-order valence-electron chi connectivity index (χ2n) is 4.41. The minimum absolute atomic E-state index is 0.171. The summed E-state index contributed by atoms with van der Waals surface area (Å²) in [5, 5.41) is 9.68. The van der Waals surface area contributed by atoms with Crippen molar-refractivity contribution in [2.75, 3.05) is 11.4 Å². The average Bonchev–Trinajstić information content (AvgIpc) is 2.91. The zero-order valence-electron chi connectivity index (χ0n) is 11.7. The van der Waals surface area contributed by atoms with Gasteiger partial charge in [-0.3, -0.25) is 9.78 Å². The number of carbonyl (C=O) groups is 2. The number of hydrogen-bond donors (Lipinski definition) is 1. The Morgan fingerprint density at radius 2 is 2.00 bits per heavy atom. The maximum absolute atomic E-state index is 11.5. The Hall–Kier alpha value is -2.28. The highest BCUT2D eigenvalue weighted by molar-refractivity contribution is 7.17. The van der Waals surface area contributed by atoms with Gasteiger partial charge in [-0.05, 0) is 24.6 Å². The van der Waals surface area contributed by atoms with Gasteiger partial charge in [0.05, 0.1) is 0 Å². The number of rotatable bonds is 6. The summed E-state index contributed by atoms with van der Waals surface area (Å²) in [4.78, 5) is 32.9. The highest BCUT2D eigenvalue weighted by Gasteiger charge is 2.22. The first kappa shape index (κ1) is 15.1. The van der Waals surface area contributed by atoms with Crippen LogP contribution in [0.5, 0.6) is 0 Å². The number of carboxylic acid groups (broad SMARTS) is 1. The molecule has 0 bridgehead atoms. The lowest BCUT2D eigenvalue weighted by Crippen LogP contribution is -2.22. The first-order valence-corrected chi connectivity index (χ1v) is 7.23. The molecule has 0 unspecified atom stereocenters. The molecular formula is C14H15N3O3S. The summed E-state index contributed by atoms with van der Waals surface area (Å²) in [5.41, 5.74) is 0.874. The zero-order valence-corrected chi connectivity index (χ0v) is 12.6. The Balaban J connectivity index is 2.32. The van der Waals surface area contributed by atoms with Crippen LogP contribution in [0, 0.1) is 0 Å². The molecule has 0 fully saturated rings. The number of aromatic carboxylic acids is 1. The lowest BCUT2D eigenvalue weighted by Gasteiger charge is -2.19. The predicted molar refractivity (Wildman–Crippen MR) is 80.0 cm³/mol. The van der Waals surface area contributed by atoms with Crippen LogP contribution < -0.4 is 4.90 Å². The fourth-order valence-electron chi connectivity index (χ4n) is 1.85. The van der Waals surface area contributed by atoms with Crippen molar-refractivity contribution in [2.24, 2.45) is 0 Å². The van der Waals surface area contributed by atoms with Gasteiger partial charge >= 0.3 is 5.97 Å². The van der Waals surface area contributed by atoms with Gasteiger partial charge < -0.3 is 10.0 Å².